The summed E-state index contributed by atoms with van der Waals surface area (Å²) in [5, 5.41) is 2.89. The second-order valence-electron chi connectivity index (χ2n) is 8.63. The number of fused-ring (bicyclic) bond motifs is 1. The smallest absolute Gasteiger partial charge is 0.251 e. The van der Waals surface area contributed by atoms with Crippen LogP contribution in [0.1, 0.15) is 38.5 Å². The Labute approximate surface area is 186 Å². The molecule has 0 bridgehead atoms. The number of carbonyl (C=O) groups is 1. The first-order valence-electron chi connectivity index (χ1n) is 10.9. The average molecular weight is 461 g/mol. The Morgan fingerprint density at radius 3 is 2.50 bits per heavy atom. The van der Waals surface area contributed by atoms with Crippen molar-refractivity contribution in [3.05, 3.63) is 48.3 Å². The van der Waals surface area contributed by atoms with Crippen LogP contribution in [-0.4, -0.2) is 37.5 Å². The van der Waals surface area contributed by atoms with E-state index in [-0.39, 0.29) is 17.3 Å². The Balaban J connectivity index is 1.26. The number of halogens is 1. The van der Waals surface area contributed by atoms with Crippen LogP contribution >= 0.6 is 0 Å². The molecule has 1 amide bonds. The first-order valence-corrected chi connectivity index (χ1v) is 12.4. The van der Waals surface area contributed by atoms with E-state index in [0.29, 0.717) is 36.6 Å². The molecule has 1 atom stereocenters. The van der Waals surface area contributed by atoms with E-state index in [1.807, 2.05) is 0 Å². The lowest BCUT2D eigenvalue weighted by Crippen LogP contribution is -2.43. The van der Waals surface area contributed by atoms with Crippen molar-refractivity contribution in [2.24, 2.45) is 5.92 Å². The van der Waals surface area contributed by atoms with Crippen molar-refractivity contribution in [1.29, 1.82) is 0 Å². The maximum absolute atomic E-state index is 13.2. The first-order chi connectivity index (χ1) is 15.3. The maximum Gasteiger partial charge on any atom is 0.251 e. The van der Waals surface area contributed by atoms with Gasteiger partial charge in [-0.15, -0.1) is 0 Å². The number of ether oxygens (including phenoxy) is 2. The van der Waals surface area contributed by atoms with E-state index in [1.54, 1.807) is 18.2 Å². The predicted octanol–water partition coefficient (Wildman–Crippen LogP) is 3.91. The second kappa shape index (κ2) is 8.04. The molecule has 0 radical (unpaired) electrons. The van der Waals surface area contributed by atoms with Crippen LogP contribution in [0, 0.1) is 11.7 Å². The molecule has 2 fully saturated rings. The number of carbonyl (C=O) groups excluding carboxylic acids is 1. The van der Waals surface area contributed by atoms with Crippen molar-refractivity contribution in [2.75, 3.05) is 18.4 Å². The van der Waals surface area contributed by atoms with Crippen molar-refractivity contribution < 1.29 is 27.1 Å². The summed E-state index contributed by atoms with van der Waals surface area (Å²) >= 11 is 0. The molecule has 1 spiro atoms. The number of benzene rings is 2. The van der Waals surface area contributed by atoms with Crippen molar-refractivity contribution in [3.63, 3.8) is 0 Å². The third kappa shape index (κ3) is 3.95. The summed E-state index contributed by atoms with van der Waals surface area (Å²) in [5.41, 5.74) is 0.589. The molecule has 0 aromatic heterocycles. The van der Waals surface area contributed by atoms with E-state index in [0.717, 1.165) is 37.8 Å². The third-order valence-corrected chi connectivity index (χ3v) is 8.25. The van der Waals surface area contributed by atoms with Gasteiger partial charge >= 0.3 is 0 Å². The van der Waals surface area contributed by atoms with Crippen LogP contribution in [0.5, 0.6) is 11.5 Å². The van der Waals surface area contributed by atoms with Gasteiger partial charge < -0.3 is 14.8 Å². The average Bonchev–Trinajstić information content (AvgIpc) is 3.39. The Morgan fingerprint density at radius 1 is 1.03 bits per heavy atom. The zero-order valence-electron chi connectivity index (χ0n) is 17.6. The summed E-state index contributed by atoms with van der Waals surface area (Å²) in [5.74, 6) is -0.483. The minimum Gasteiger partial charge on any atom is -0.448 e. The van der Waals surface area contributed by atoms with Crippen LogP contribution in [-0.2, 0) is 14.8 Å². The van der Waals surface area contributed by atoms with Crippen molar-refractivity contribution in [2.45, 2.75) is 49.2 Å². The van der Waals surface area contributed by atoms with Crippen LogP contribution in [0.2, 0.25) is 0 Å². The topological polar surface area (TPSA) is 84.9 Å². The number of anilines is 1. The number of sulfonamides is 1. The first kappa shape index (κ1) is 21.2. The highest BCUT2D eigenvalue weighted by molar-refractivity contribution is 7.89. The Kier molecular flexibility index (Phi) is 5.33. The molecule has 2 aliphatic heterocycles. The zero-order valence-corrected chi connectivity index (χ0v) is 18.4. The van der Waals surface area contributed by atoms with Crippen LogP contribution < -0.4 is 14.8 Å². The van der Waals surface area contributed by atoms with Gasteiger partial charge in [0.2, 0.25) is 15.9 Å². The van der Waals surface area contributed by atoms with Crippen molar-refractivity contribution in [3.8, 4) is 11.5 Å². The van der Waals surface area contributed by atoms with E-state index < -0.39 is 27.5 Å². The predicted molar refractivity (Wildman–Crippen MR) is 115 cm³/mol. The number of hydrogen-bond acceptors (Lipinski definition) is 5. The molecule has 7 nitrogen and oxygen atoms in total. The van der Waals surface area contributed by atoms with Crippen molar-refractivity contribution in [1.82, 2.24) is 4.31 Å². The summed E-state index contributed by atoms with van der Waals surface area (Å²) in [4.78, 5) is 12.9. The molecule has 170 valence electrons. The third-order valence-electron chi connectivity index (χ3n) is 6.37. The number of amides is 1. The summed E-state index contributed by atoms with van der Waals surface area (Å²) < 4.78 is 52.4. The van der Waals surface area contributed by atoms with Crippen LogP contribution in [0.25, 0.3) is 0 Å². The van der Waals surface area contributed by atoms with Gasteiger partial charge in [0, 0.05) is 37.7 Å². The van der Waals surface area contributed by atoms with Gasteiger partial charge in [-0.2, -0.15) is 4.31 Å². The molecular formula is C23H25FN2O5S. The van der Waals surface area contributed by atoms with E-state index >= 15 is 0 Å². The van der Waals surface area contributed by atoms with E-state index in [2.05, 4.69) is 5.32 Å². The lowest BCUT2D eigenvalue weighted by molar-refractivity contribution is -0.120. The molecule has 1 N–H and O–H groups in total. The Hall–Kier alpha value is -2.65. The number of nitrogens with one attached hydrogen (secondary N) is 1. The zero-order chi connectivity index (χ0) is 22.3. The number of rotatable bonds is 4. The molecule has 32 heavy (non-hydrogen) atoms. The fourth-order valence-corrected chi connectivity index (χ4v) is 6.19. The van der Waals surface area contributed by atoms with E-state index in [1.165, 1.54) is 16.4 Å². The lowest BCUT2D eigenvalue weighted by Gasteiger charge is -2.31. The highest BCUT2D eigenvalue weighted by Gasteiger charge is 2.44. The molecule has 1 saturated carbocycles. The summed E-state index contributed by atoms with van der Waals surface area (Å²) in [6, 6.07) is 10.1. The van der Waals surface area contributed by atoms with Gasteiger partial charge in [-0.25, -0.2) is 12.8 Å². The van der Waals surface area contributed by atoms with Gasteiger partial charge in [0.1, 0.15) is 5.82 Å². The van der Waals surface area contributed by atoms with Crippen molar-refractivity contribution >= 4 is 21.6 Å². The molecule has 2 aromatic rings. The summed E-state index contributed by atoms with van der Waals surface area (Å²) in [6.07, 6.45) is 5.00. The van der Waals surface area contributed by atoms with Gasteiger partial charge in [-0.3, -0.25) is 4.79 Å². The number of nitrogens with zero attached hydrogens (tertiary/aromatic N) is 1. The fourth-order valence-electron chi connectivity index (χ4n) is 4.66. The highest BCUT2D eigenvalue weighted by Crippen LogP contribution is 2.47. The van der Waals surface area contributed by atoms with Gasteiger partial charge in [0.25, 0.3) is 5.79 Å². The number of hydrogen-bond donors (Lipinski definition) is 1. The van der Waals surface area contributed by atoms with Crippen LogP contribution in [0.3, 0.4) is 0 Å². The number of piperidine rings is 1. The molecule has 1 saturated heterocycles. The molecule has 9 heteroatoms. The summed E-state index contributed by atoms with van der Waals surface area (Å²) in [6.45, 7) is 0.412. The standard InChI is InChI=1S/C23H25FN2O5S/c24-17-5-8-19(9-6-17)32(28,29)26-13-3-4-16(15-26)22(27)25-18-7-10-20-21(14-18)31-23(30-20)11-1-2-12-23/h5-10,14,16H,1-4,11-13,15H2,(H,25,27). The van der Waals surface area contributed by atoms with Gasteiger partial charge in [-0.05, 0) is 62.1 Å². The molecule has 3 aliphatic rings. The van der Waals surface area contributed by atoms with E-state index in [4.69, 9.17) is 9.47 Å². The second-order valence-corrected chi connectivity index (χ2v) is 10.6. The largest absolute Gasteiger partial charge is 0.448 e. The normalized spacial score (nSPS) is 22.2. The SMILES string of the molecule is O=C(Nc1ccc2c(c1)OC1(CCCC1)O2)C1CCCN(S(=O)(=O)c2ccc(F)cc2)C1. The monoisotopic (exact) mass is 460 g/mol. The van der Waals surface area contributed by atoms with Gasteiger partial charge in [-0.1, -0.05) is 0 Å². The minimum atomic E-state index is -3.79. The van der Waals surface area contributed by atoms with Gasteiger partial charge in [0.15, 0.2) is 11.5 Å². The van der Waals surface area contributed by atoms with E-state index in [9.17, 15) is 17.6 Å². The lowest BCUT2D eigenvalue weighted by atomic mass is 9.98. The Morgan fingerprint density at radius 2 is 1.75 bits per heavy atom. The quantitative estimate of drug-likeness (QED) is 0.748. The minimum absolute atomic E-state index is 0.0246. The highest BCUT2D eigenvalue weighted by atomic mass is 32.2. The molecule has 2 aromatic carbocycles. The molecule has 5 rings (SSSR count). The van der Waals surface area contributed by atoms with Crippen LogP contribution in [0.15, 0.2) is 47.4 Å². The molecule has 1 unspecified atom stereocenters. The summed E-state index contributed by atoms with van der Waals surface area (Å²) in [7, 11) is -3.79. The molecule has 1 aliphatic carbocycles. The van der Waals surface area contributed by atoms with Gasteiger partial charge in [0.05, 0.1) is 10.8 Å². The molecule has 2 heterocycles. The Bertz CT molecular complexity index is 1130. The van der Waals surface area contributed by atoms with Crippen LogP contribution in [0.4, 0.5) is 10.1 Å². The fraction of sp³-hybridized carbons (Fsp3) is 0.435. The molecular weight excluding hydrogens is 435 g/mol. The maximum atomic E-state index is 13.2.